The molecule has 0 saturated heterocycles. The molecule has 0 bridgehead atoms. The number of ether oxygens (including phenoxy) is 1. The third-order valence-electron chi connectivity index (χ3n) is 2.58. The molecule has 19 heavy (non-hydrogen) atoms. The van der Waals surface area contributed by atoms with Gasteiger partial charge < -0.3 is 4.74 Å². The van der Waals surface area contributed by atoms with Gasteiger partial charge in [-0.25, -0.2) is 8.42 Å². The predicted molar refractivity (Wildman–Crippen MR) is 70.7 cm³/mol. The number of halogens is 1. The van der Waals surface area contributed by atoms with Gasteiger partial charge in [-0.3, -0.25) is 4.57 Å². The van der Waals surface area contributed by atoms with Crippen LogP contribution in [0.4, 0.5) is 0 Å². The normalized spacial score (nSPS) is 11.5. The second-order valence-corrected chi connectivity index (χ2v) is 6.18. The van der Waals surface area contributed by atoms with Gasteiger partial charge >= 0.3 is 0 Å². The fourth-order valence-electron chi connectivity index (χ4n) is 1.73. The van der Waals surface area contributed by atoms with Gasteiger partial charge in [0.1, 0.15) is 5.75 Å². The second-order valence-electron chi connectivity index (χ2n) is 3.72. The van der Waals surface area contributed by atoms with Gasteiger partial charge in [-0.1, -0.05) is 12.1 Å². The van der Waals surface area contributed by atoms with E-state index < -0.39 is 9.05 Å². The van der Waals surface area contributed by atoms with Gasteiger partial charge in [-0.15, -0.1) is 10.2 Å². The Morgan fingerprint density at radius 2 is 2.11 bits per heavy atom. The Hall–Kier alpha value is -1.60. The van der Waals surface area contributed by atoms with Crippen molar-refractivity contribution in [1.82, 2.24) is 14.8 Å². The third-order valence-corrected chi connectivity index (χ3v) is 3.73. The van der Waals surface area contributed by atoms with Gasteiger partial charge in [-0.2, -0.15) is 0 Å². The molecule has 102 valence electrons. The number of aromatic nitrogens is 3. The van der Waals surface area contributed by atoms with Crippen molar-refractivity contribution in [3.05, 3.63) is 24.3 Å². The number of hydrogen-bond donors (Lipinski definition) is 0. The maximum atomic E-state index is 11.4. The van der Waals surface area contributed by atoms with E-state index in [1.165, 1.54) is 4.57 Å². The molecule has 0 aliphatic carbocycles. The van der Waals surface area contributed by atoms with Gasteiger partial charge in [0.2, 0.25) is 0 Å². The van der Waals surface area contributed by atoms with Crippen LogP contribution < -0.4 is 4.74 Å². The molecule has 8 heteroatoms. The summed E-state index contributed by atoms with van der Waals surface area (Å²) < 4.78 is 29.4. The molecule has 0 aliphatic rings. The fourth-order valence-corrected chi connectivity index (χ4v) is 2.69. The van der Waals surface area contributed by atoms with Crippen molar-refractivity contribution in [3.8, 4) is 17.1 Å². The Bertz CT molecular complexity index is 697. The summed E-state index contributed by atoms with van der Waals surface area (Å²) in [5, 5.41) is 7.28. The first-order valence-electron chi connectivity index (χ1n) is 5.49. The Morgan fingerprint density at radius 1 is 1.37 bits per heavy atom. The lowest BCUT2D eigenvalue weighted by atomic mass is 10.2. The van der Waals surface area contributed by atoms with Crippen molar-refractivity contribution in [2.75, 3.05) is 7.11 Å². The molecule has 0 radical (unpaired) electrons. The van der Waals surface area contributed by atoms with Crippen LogP contribution in [0, 0.1) is 0 Å². The Morgan fingerprint density at radius 3 is 2.68 bits per heavy atom. The molecule has 0 saturated carbocycles. The SMILES string of the molecule is CCn1c(-c2cccc(OC)c2)nnc1S(=O)(=O)Cl. The topological polar surface area (TPSA) is 74.1 Å². The van der Waals surface area contributed by atoms with E-state index in [2.05, 4.69) is 10.2 Å². The van der Waals surface area contributed by atoms with E-state index in [0.717, 1.165) is 0 Å². The monoisotopic (exact) mass is 301 g/mol. The van der Waals surface area contributed by atoms with E-state index in [9.17, 15) is 8.42 Å². The third kappa shape index (κ3) is 2.71. The Balaban J connectivity index is 2.60. The number of hydrogen-bond acceptors (Lipinski definition) is 5. The zero-order valence-electron chi connectivity index (χ0n) is 10.4. The number of benzene rings is 1. The highest BCUT2D eigenvalue weighted by atomic mass is 35.7. The predicted octanol–water partition coefficient (Wildman–Crippen LogP) is 1.90. The molecule has 6 nitrogen and oxygen atoms in total. The quantitative estimate of drug-likeness (QED) is 0.806. The lowest BCUT2D eigenvalue weighted by molar-refractivity contribution is 0.415. The van der Waals surface area contributed by atoms with E-state index in [0.29, 0.717) is 23.7 Å². The highest BCUT2D eigenvalue weighted by Crippen LogP contribution is 2.25. The van der Waals surface area contributed by atoms with E-state index in [1.807, 2.05) is 0 Å². The van der Waals surface area contributed by atoms with Crippen molar-refractivity contribution in [3.63, 3.8) is 0 Å². The summed E-state index contributed by atoms with van der Waals surface area (Å²) in [6.45, 7) is 2.18. The van der Waals surface area contributed by atoms with Crippen molar-refractivity contribution >= 4 is 19.7 Å². The fraction of sp³-hybridized carbons (Fsp3) is 0.273. The van der Waals surface area contributed by atoms with Crippen molar-refractivity contribution in [2.24, 2.45) is 0 Å². The zero-order valence-corrected chi connectivity index (χ0v) is 11.9. The molecule has 0 amide bonds. The summed E-state index contributed by atoms with van der Waals surface area (Å²) in [5.74, 6) is 1.08. The van der Waals surface area contributed by atoms with Crippen LogP contribution >= 0.6 is 10.7 Å². The number of methoxy groups -OCH3 is 1. The Kier molecular flexibility index (Phi) is 3.77. The van der Waals surface area contributed by atoms with Crippen LogP contribution in [-0.4, -0.2) is 30.3 Å². The molecule has 1 aromatic heterocycles. The van der Waals surface area contributed by atoms with Crippen LogP contribution in [-0.2, 0) is 15.6 Å². The van der Waals surface area contributed by atoms with Crippen molar-refractivity contribution in [2.45, 2.75) is 18.6 Å². The molecule has 0 unspecified atom stereocenters. The highest BCUT2D eigenvalue weighted by Gasteiger charge is 2.22. The molecule has 1 aromatic carbocycles. The molecule has 2 rings (SSSR count). The maximum Gasteiger partial charge on any atom is 0.296 e. The number of nitrogens with zero attached hydrogens (tertiary/aromatic N) is 3. The van der Waals surface area contributed by atoms with Crippen molar-refractivity contribution in [1.29, 1.82) is 0 Å². The van der Waals surface area contributed by atoms with Gasteiger partial charge in [-0.05, 0) is 19.1 Å². The van der Waals surface area contributed by atoms with Crippen LogP contribution in [0.15, 0.2) is 29.4 Å². The van der Waals surface area contributed by atoms with E-state index in [1.54, 1.807) is 38.3 Å². The molecule has 0 N–H and O–H groups in total. The summed E-state index contributed by atoms with van der Waals surface area (Å²) >= 11 is 0. The summed E-state index contributed by atoms with van der Waals surface area (Å²) in [6.07, 6.45) is 0. The minimum Gasteiger partial charge on any atom is -0.497 e. The van der Waals surface area contributed by atoms with Crippen LogP contribution in [0.3, 0.4) is 0 Å². The first-order valence-corrected chi connectivity index (χ1v) is 7.80. The summed E-state index contributed by atoms with van der Waals surface area (Å²) in [4.78, 5) is 0. The van der Waals surface area contributed by atoms with Crippen LogP contribution in [0.25, 0.3) is 11.4 Å². The average molecular weight is 302 g/mol. The minimum absolute atomic E-state index is 0.255. The highest BCUT2D eigenvalue weighted by molar-refractivity contribution is 8.13. The largest absolute Gasteiger partial charge is 0.497 e. The Labute approximate surface area is 115 Å². The average Bonchev–Trinajstić information content (AvgIpc) is 2.82. The maximum absolute atomic E-state index is 11.4. The van der Waals surface area contributed by atoms with Crippen LogP contribution in [0.1, 0.15) is 6.92 Å². The summed E-state index contributed by atoms with van der Waals surface area (Å²) in [6, 6.07) is 7.12. The lowest BCUT2D eigenvalue weighted by Gasteiger charge is -2.06. The molecular weight excluding hydrogens is 290 g/mol. The van der Waals surface area contributed by atoms with E-state index in [4.69, 9.17) is 15.4 Å². The van der Waals surface area contributed by atoms with Crippen LogP contribution in [0.2, 0.25) is 0 Å². The molecule has 0 atom stereocenters. The standard InChI is InChI=1S/C11H12ClN3O3S/c1-3-15-10(13-14-11(15)19(12,16)17)8-5-4-6-9(7-8)18-2/h4-7H,3H2,1-2H3. The molecule has 0 fully saturated rings. The zero-order chi connectivity index (χ0) is 14.0. The lowest BCUT2D eigenvalue weighted by Crippen LogP contribution is -2.06. The van der Waals surface area contributed by atoms with E-state index >= 15 is 0 Å². The minimum atomic E-state index is -3.92. The summed E-state index contributed by atoms with van der Waals surface area (Å²) in [5.41, 5.74) is 0.709. The van der Waals surface area contributed by atoms with Crippen LogP contribution in [0.5, 0.6) is 5.75 Å². The van der Waals surface area contributed by atoms with E-state index in [-0.39, 0.29) is 5.16 Å². The summed E-state index contributed by atoms with van der Waals surface area (Å²) in [7, 11) is 2.96. The smallest absolute Gasteiger partial charge is 0.296 e. The first-order chi connectivity index (χ1) is 8.97. The van der Waals surface area contributed by atoms with Gasteiger partial charge in [0.25, 0.3) is 14.2 Å². The second kappa shape index (κ2) is 5.18. The molecule has 0 spiro atoms. The van der Waals surface area contributed by atoms with Crippen molar-refractivity contribution < 1.29 is 13.2 Å². The molecule has 1 heterocycles. The van der Waals surface area contributed by atoms with Gasteiger partial charge in [0, 0.05) is 22.8 Å². The van der Waals surface area contributed by atoms with Gasteiger partial charge in [0.15, 0.2) is 5.82 Å². The molecule has 0 aliphatic heterocycles. The van der Waals surface area contributed by atoms with Gasteiger partial charge in [0.05, 0.1) is 7.11 Å². The first kappa shape index (κ1) is 13.8. The number of rotatable bonds is 4. The molecule has 2 aromatic rings. The molecular formula is C11H12ClN3O3S.